The van der Waals surface area contributed by atoms with Gasteiger partial charge in [-0.3, -0.25) is 19.6 Å². The lowest BCUT2D eigenvalue weighted by atomic mass is 10.1. The maximum Gasteiger partial charge on any atom is 0.290 e. The Morgan fingerprint density at radius 2 is 1.91 bits per heavy atom. The van der Waals surface area contributed by atoms with Crippen molar-refractivity contribution in [3.8, 4) is 17.2 Å². The van der Waals surface area contributed by atoms with Crippen LogP contribution in [-0.4, -0.2) is 52.8 Å². The average molecular weight is 464 g/mol. The van der Waals surface area contributed by atoms with E-state index in [4.69, 9.17) is 14.2 Å². The summed E-state index contributed by atoms with van der Waals surface area (Å²) in [5, 5.41) is 15.3. The minimum Gasteiger partial charge on any atom is -0.493 e. The molecule has 176 valence electrons. The molecular formula is C24H24N4O6. The minimum atomic E-state index is -0.505. The van der Waals surface area contributed by atoms with Gasteiger partial charge in [0, 0.05) is 37.0 Å². The monoisotopic (exact) mass is 464 g/mol. The predicted molar refractivity (Wildman–Crippen MR) is 124 cm³/mol. The summed E-state index contributed by atoms with van der Waals surface area (Å²) in [7, 11) is 4.94. The fourth-order valence-electron chi connectivity index (χ4n) is 3.77. The van der Waals surface area contributed by atoms with Crippen LogP contribution in [0.15, 0.2) is 60.6 Å². The number of hydrogen-bond acceptors (Lipinski definition) is 7. The van der Waals surface area contributed by atoms with E-state index < -0.39 is 4.92 Å². The smallest absolute Gasteiger partial charge is 0.290 e. The van der Waals surface area contributed by atoms with Crippen molar-refractivity contribution in [2.24, 2.45) is 7.05 Å². The summed E-state index contributed by atoms with van der Waals surface area (Å²) >= 11 is 0. The van der Waals surface area contributed by atoms with Gasteiger partial charge in [-0.05, 0) is 30.2 Å². The van der Waals surface area contributed by atoms with Crippen LogP contribution in [-0.2, 0) is 18.3 Å². The van der Waals surface area contributed by atoms with Gasteiger partial charge in [-0.1, -0.05) is 12.1 Å². The summed E-state index contributed by atoms with van der Waals surface area (Å²) in [4.78, 5) is 25.6. The molecule has 0 spiro atoms. The van der Waals surface area contributed by atoms with Gasteiger partial charge < -0.3 is 19.1 Å². The van der Waals surface area contributed by atoms with Crippen molar-refractivity contribution >= 4 is 17.2 Å². The molecule has 1 amide bonds. The predicted octanol–water partition coefficient (Wildman–Crippen LogP) is 3.22. The van der Waals surface area contributed by atoms with E-state index in [2.05, 4.69) is 5.10 Å². The van der Waals surface area contributed by atoms with Gasteiger partial charge in [-0.2, -0.15) is 5.10 Å². The molecule has 0 atom stereocenters. The molecule has 2 aromatic carbocycles. The summed E-state index contributed by atoms with van der Waals surface area (Å²) < 4.78 is 18.2. The number of methoxy groups -OCH3 is 2. The topological polar surface area (TPSA) is 109 Å². The molecule has 1 aliphatic heterocycles. The van der Waals surface area contributed by atoms with Crippen LogP contribution in [0.3, 0.4) is 0 Å². The van der Waals surface area contributed by atoms with E-state index >= 15 is 0 Å². The molecule has 1 aromatic heterocycles. The van der Waals surface area contributed by atoms with Crippen LogP contribution in [0.5, 0.6) is 17.2 Å². The second-order valence-electron chi connectivity index (χ2n) is 7.73. The number of nitro groups is 1. The molecule has 0 saturated heterocycles. The lowest BCUT2D eigenvalue weighted by Crippen LogP contribution is -2.30. The number of aryl methyl sites for hydroxylation is 1. The lowest BCUT2D eigenvalue weighted by molar-refractivity contribution is -0.384. The van der Waals surface area contributed by atoms with Crippen molar-refractivity contribution in [2.75, 3.05) is 27.3 Å². The minimum absolute atomic E-state index is 0.114. The fourth-order valence-corrected chi connectivity index (χ4v) is 3.77. The number of hydrogen-bond donors (Lipinski definition) is 0. The molecular weight excluding hydrogens is 440 g/mol. The first kappa shape index (κ1) is 22.8. The number of aromatic nitrogens is 2. The first-order valence-corrected chi connectivity index (χ1v) is 10.5. The van der Waals surface area contributed by atoms with Gasteiger partial charge in [-0.15, -0.1) is 0 Å². The van der Waals surface area contributed by atoms with E-state index in [0.29, 0.717) is 36.6 Å². The standard InChI is InChI=1S/C24H24N4O6/c1-26-14-17(13-25-26)20-15-27(10-9-16-7-8-21(32-2)22(11-16)33-3)24(29)23(20)34-19-6-4-5-18(12-19)28(30)31/h4-8,11-14H,9-10,15H2,1-3H3. The Balaban J connectivity index is 1.57. The molecule has 4 rings (SSSR count). The van der Waals surface area contributed by atoms with Gasteiger partial charge in [0.1, 0.15) is 5.75 Å². The molecule has 0 N–H and O–H groups in total. The van der Waals surface area contributed by atoms with Crippen LogP contribution in [0.2, 0.25) is 0 Å². The Hall–Kier alpha value is -4.34. The van der Waals surface area contributed by atoms with Crippen LogP contribution >= 0.6 is 0 Å². The van der Waals surface area contributed by atoms with Crippen LogP contribution in [0.25, 0.3) is 5.57 Å². The Morgan fingerprint density at radius 3 is 2.59 bits per heavy atom. The SMILES string of the molecule is COc1ccc(CCN2CC(c3cnn(C)c3)=C(Oc3cccc([N+](=O)[O-])c3)C2=O)cc1OC. The molecule has 2 heterocycles. The van der Waals surface area contributed by atoms with Crippen LogP contribution in [0.1, 0.15) is 11.1 Å². The second-order valence-corrected chi connectivity index (χ2v) is 7.73. The Bertz CT molecular complexity index is 1270. The Morgan fingerprint density at radius 1 is 1.12 bits per heavy atom. The highest BCUT2D eigenvalue weighted by atomic mass is 16.6. The fraction of sp³-hybridized carbons (Fsp3) is 0.250. The van der Waals surface area contributed by atoms with E-state index in [0.717, 1.165) is 11.1 Å². The largest absolute Gasteiger partial charge is 0.493 e. The summed E-state index contributed by atoms with van der Waals surface area (Å²) in [5.74, 6) is 1.33. The highest BCUT2D eigenvalue weighted by Gasteiger charge is 2.34. The van der Waals surface area contributed by atoms with Crippen LogP contribution in [0, 0.1) is 10.1 Å². The zero-order valence-electron chi connectivity index (χ0n) is 19.1. The Kier molecular flexibility index (Phi) is 6.48. The quantitative estimate of drug-likeness (QED) is 0.353. The normalized spacial score (nSPS) is 13.4. The van der Waals surface area contributed by atoms with Crippen molar-refractivity contribution in [2.45, 2.75) is 6.42 Å². The number of amides is 1. The number of rotatable bonds is 9. The van der Waals surface area contributed by atoms with Gasteiger partial charge in [0.2, 0.25) is 0 Å². The van der Waals surface area contributed by atoms with Gasteiger partial charge in [0.05, 0.1) is 38.0 Å². The number of nitro benzene ring substituents is 1. The van der Waals surface area contributed by atoms with Gasteiger partial charge in [-0.25, -0.2) is 0 Å². The summed E-state index contributed by atoms with van der Waals surface area (Å²) in [6.07, 6.45) is 4.06. The van der Waals surface area contributed by atoms with Crippen molar-refractivity contribution in [3.63, 3.8) is 0 Å². The van der Waals surface area contributed by atoms with E-state index in [-0.39, 0.29) is 23.1 Å². The maximum absolute atomic E-state index is 13.3. The number of carbonyl (C=O) groups is 1. The molecule has 0 fully saturated rings. The Labute approximate surface area is 196 Å². The number of nitrogens with zero attached hydrogens (tertiary/aromatic N) is 4. The zero-order chi connectivity index (χ0) is 24.2. The molecule has 0 unspecified atom stereocenters. The number of carbonyl (C=O) groups excluding carboxylic acids is 1. The third-order valence-electron chi connectivity index (χ3n) is 5.52. The van der Waals surface area contributed by atoms with E-state index in [1.54, 1.807) is 49.3 Å². The molecule has 1 aliphatic rings. The van der Waals surface area contributed by atoms with Crippen LogP contribution < -0.4 is 14.2 Å². The second kappa shape index (κ2) is 9.65. The first-order chi connectivity index (χ1) is 16.4. The molecule has 0 bridgehead atoms. The van der Waals surface area contributed by atoms with Crippen molar-refractivity contribution in [1.82, 2.24) is 14.7 Å². The van der Waals surface area contributed by atoms with Gasteiger partial charge in [0.25, 0.3) is 11.6 Å². The third-order valence-corrected chi connectivity index (χ3v) is 5.52. The summed E-state index contributed by atoms with van der Waals surface area (Å²) in [5.41, 5.74) is 2.31. The molecule has 10 heteroatoms. The molecule has 0 saturated carbocycles. The number of benzene rings is 2. The highest BCUT2D eigenvalue weighted by Crippen LogP contribution is 2.32. The van der Waals surface area contributed by atoms with Gasteiger partial charge >= 0.3 is 0 Å². The number of ether oxygens (including phenoxy) is 3. The lowest BCUT2D eigenvalue weighted by Gasteiger charge is -2.17. The molecule has 34 heavy (non-hydrogen) atoms. The van der Waals surface area contributed by atoms with Crippen LogP contribution in [0.4, 0.5) is 5.69 Å². The molecule has 0 radical (unpaired) electrons. The van der Waals surface area contributed by atoms with E-state index in [1.807, 2.05) is 18.2 Å². The maximum atomic E-state index is 13.3. The first-order valence-electron chi connectivity index (χ1n) is 10.5. The average Bonchev–Trinajstić information content (AvgIpc) is 3.40. The zero-order valence-corrected chi connectivity index (χ0v) is 19.1. The molecule has 3 aromatic rings. The summed E-state index contributed by atoms with van der Waals surface area (Å²) in [6.45, 7) is 0.780. The third kappa shape index (κ3) is 4.70. The number of non-ortho nitro benzene ring substituents is 1. The van der Waals surface area contributed by atoms with Gasteiger partial charge in [0.15, 0.2) is 17.3 Å². The molecule has 10 nitrogen and oxygen atoms in total. The van der Waals surface area contributed by atoms with Crippen molar-refractivity contribution in [1.29, 1.82) is 0 Å². The molecule has 0 aliphatic carbocycles. The van der Waals surface area contributed by atoms with Crippen molar-refractivity contribution in [3.05, 3.63) is 81.9 Å². The highest BCUT2D eigenvalue weighted by molar-refractivity contribution is 6.04. The summed E-state index contributed by atoms with van der Waals surface area (Å²) in [6, 6.07) is 11.4. The van der Waals surface area contributed by atoms with E-state index in [9.17, 15) is 14.9 Å². The van der Waals surface area contributed by atoms with E-state index in [1.165, 1.54) is 18.2 Å². The van der Waals surface area contributed by atoms with Crippen molar-refractivity contribution < 1.29 is 23.9 Å².